The van der Waals surface area contributed by atoms with Gasteiger partial charge in [0, 0.05) is 18.2 Å². The van der Waals surface area contributed by atoms with Gasteiger partial charge in [-0.25, -0.2) is 4.98 Å². The minimum absolute atomic E-state index is 0.0744. The first kappa shape index (κ1) is 14.9. The summed E-state index contributed by atoms with van der Waals surface area (Å²) in [5, 5.41) is 20.6. The van der Waals surface area contributed by atoms with Gasteiger partial charge in [-0.3, -0.25) is 14.9 Å². The zero-order valence-corrected chi connectivity index (χ0v) is 12.0. The van der Waals surface area contributed by atoms with Crippen LogP contribution in [0.3, 0.4) is 0 Å². The number of carbonyl (C=O) groups excluding carboxylic acids is 1. The summed E-state index contributed by atoms with van der Waals surface area (Å²) in [5.74, 6) is 0.357. The third-order valence-corrected chi connectivity index (χ3v) is 3.60. The monoisotopic (exact) mass is 311 g/mol. The highest BCUT2D eigenvalue weighted by Crippen LogP contribution is 2.32. The van der Waals surface area contributed by atoms with Crippen molar-refractivity contribution in [3.63, 3.8) is 0 Å². The fourth-order valence-electron chi connectivity index (χ4n) is 2.62. The summed E-state index contributed by atoms with van der Waals surface area (Å²) < 4.78 is 1.69. The molecule has 0 saturated heterocycles. The van der Waals surface area contributed by atoms with Crippen molar-refractivity contribution < 1.29 is 14.8 Å². The van der Waals surface area contributed by atoms with E-state index in [1.54, 1.807) is 41.0 Å². The summed E-state index contributed by atoms with van der Waals surface area (Å²) in [5.41, 5.74) is 1.79. The number of nitro groups is 1. The van der Waals surface area contributed by atoms with Gasteiger partial charge >= 0.3 is 0 Å². The molecular formula is C16H13N3O4. The smallest absolute Gasteiger partial charge is 0.280 e. The molecule has 23 heavy (non-hydrogen) atoms. The average molecular weight is 311 g/mol. The number of hydrogen-bond donors (Lipinski definition) is 1. The van der Waals surface area contributed by atoms with Gasteiger partial charge in [0.15, 0.2) is 6.29 Å². The maximum atomic E-state index is 11.3. The van der Waals surface area contributed by atoms with E-state index in [0.717, 1.165) is 0 Å². The summed E-state index contributed by atoms with van der Waals surface area (Å²) in [6.07, 6.45) is 0.696. The van der Waals surface area contributed by atoms with E-state index in [-0.39, 0.29) is 18.8 Å². The first-order valence-electron chi connectivity index (χ1n) is 6.96. The Balaban J connectivity index is 2.35. The van der Waals surface area contributed by atoms with Gasteiger partial charge in [0.25, 0.3) is 5.69 Å². The molecule has 0 radical (unpaired) electrons. The predicted octanol–water partition coefficient (Wildman–Crippen LogP) is 2.42. The van der Waals surface area contributed by atoms with Crippen molar-refractivity contribution >= 4 is 23.0 Å². The van der Waals surface area contributed by atoms with Crippen LogP contribution in [0.5, 0.6) is 0 Å². The Hall–Kier alpha value is -3.06. The van der Waals surface area contributed by atoms with Crippen molar-refractivity contribution in [1.29, 1.82) is 0 Å². The molecule has 1 N–H and O–H groups in total. The lowest BCUT2D eigenvalue weighted by Crippen LogP contribution is -2.05. The Morgan fingerprint density at radius 1 is 1.22 bits per heavy atom. The molecule has 0 aliphatic carbocycles. The van der Waals surface area contributed by atoms with Crippen LogP contribution in [0.1, 0.15) is 10.4 Å². The maximum absolute atomic E-state index is 11.3. The Labute approximate surface area is 131 Å². The Morgan fingerprint density at radius 3 is 2.70 bits per heavy atom. The second kappa shape index (κ2) is 5.98. The summed E-state index contributed by atoms with van der Waals surface area (Å²) in [6, 6.07) is 11.4. The molecule has 0 fully saturated rings. The van der Waals surface area contributed by atoms with E-state index in [2.05, 4.69) is 4.98 Å². The molecule has 2 aromatic carbocycles. The average Bonchev–Trinajstić information content (AvgIpc) is 2.94. The lowest BCUT2D eigenvalue weighted by Gasteiger charge is -2.07. The molecule has 0 aliphatic heterocycles. The van der Waals surface area contributed by atoms with E-state index in [0.29, 0.717) is 34.3 Å². The van der Waals surface area contributed by atoms with Gasteiger partial charge in [0.2, 0.25) is 0 Å². The minimum atomic E-state index is -0.474. The van der Waals surface area contributed by atoms with Gasteiger partial charge < -0.3 is 9.67 Å². The number of rotatable bonds is 5. The quantitative estimate of drug-likeness (QED) is 0.443. The van der Waals surface area contributed by atoms with E-state index in [1.807, 2.05) is 0 Å². The number of hydrogen-bond acceptors (Lipinski definition) is 5. The zero-order valence-electron chi connectivity index (χ0n) is 12.0. The highest BCUT2D eigenvalue weighted by molar-refractivity contribution is 5.96. The number of aliphatic hydroxyl groups is 1. The number of imidazole rings is 1. The highest BCUT2D eigenvalue weighted by Gasteiger charge is 2.21. The Kier molecular flexibility index (Phi) is 3.86. The minimum Gasteiger partial charge on any atom is -0.395 e. The zero-order chi connectivity index (χ0) is 16.4. The van der Waals surface area contributed by atoms with E-state index < -0.39 is 4.92 Å². The topological polar surface area (TPSA) is 98.3 Å². The SMILES string of the molecule is O=Cc1cccc2c1nc(-c1ccccc1[N+](=O)[O-])n2CCO. The van der Waals surface area contributed by atoms with Crippen molar-refractivity contribution in [3.8, 4) is 11.4 Å². The van der Waals surface area contributed by atoms with Crippen molar-refractivity contribution in [1.82, 2.24) is 9.55 Å². The van der Waals surface area contributed by atoms with Crippen LogP contribution in [0.15, 0.2) is 42.5 Å². The van der Waals surface area contributed by atoms with Crippen LogP contribution in [0, 0.1) is 10.1 Å². The Bertz CT molecular complexity index is 901. The van der Waals surface area contributed by atoms with Crippen LogP contribution >= 0.6 is 0 Å². The van der Waals surface area contributed by atoms with Crippen LogP contribution < -0.4 is 0 Å². The van der Waals surface area contributed by atoms with Crippen LogP contribution in [0.4, 0.5) is 5.69 Å². The van der Waals surface area contributed by atoms with Gasteiger partial charge in [-0.1, -0.05) is 18.2 Å². The summed E-state index contributed by atoms with van der Waals surface area (Å²) >= 11 is 0. The standard InChI is InChI=1S/C16H13N3O4/c20-9-8-18-14-7-3-4-11(10-21)15(14)17-16(18)12-5-1-2-6-13(12)19(22)23/h1-7,10,20H,8-9H2. The van der Waals surface area contributed by atoms with Crippen LogP contribution in [0.2, 0.25) is 0 Å². The molecule has 0 saturated carbocycles. The van der Waals surface area contributed by atoms with Crippen LogP contribution in [0.25, 0.3) is 22.4 Å². The summed E-state index contributed by atoms with van der Waals surface area (Å²) in [7, 11) is 0. The second-order valence-electron chi connectivity index (χ2n) is 4.92. The molecule has 1 aromatic heterocycles. The number of para-hydroxylation sites is 2. The van der Waals surface area contributed by atoms with Gasteiger partial charge in [0.1, 0.15) is 5.82 Å². The van der Waals surface area contributed by atoms with Gasteiger partial charge in [0.05, 0.1) is 28.1 Å². The number of aromatic nitrogens is 2. The van der Waals surface area contributed by atoms with Crippen LogP contribution in [-0.4, -0.2) is 32.5 Å². The van der Waals surface area contributed by atoms with Crippen LogP contribution in [-0.2, 0) is 6.54 Å². The number of aldehydes is 1. The Morgan fingerprint density at radius 2 is 2.00 bits per heavy atom. The number of fused-ring (bicyclic) bond motifs is 1. The third-order valence-electron chi connectivity index (χ3n) is 3.60. The fourth-order valence-corrected chi connectivity index (χ4v) is 2.62. The first-order chi connectivity index (χ1) is 11.2. The normalized spacial score (nSPS) is 10.8. The highest BCUT2D eigenvalue weighted by atomic mass is 16.6. The number of benzene rings is 2. The number of nitro benzene ring substituents is 1. The van der Waals surface area contributed by atoms with Gasteiger partial charge in [-0.05, 0) is 18.2 Å². The van der Waals surface area contributed by atoms with Crippen molar-refractivity contribution in [3.05, 3.63) is 58.1 Å². The second-order valence-corrected chi connectivity index (χ2v) is 4.92. The van der Waals surface area contributed by atoms with Crippen molar-refractivity contribution in [2.45, 2.75) is 6.54 Å². The van der Waals surface area contributed by atoms with Gasteiger partial charge in [-0.15, -0.1) is 0 Å². The van der Waals surface area contributed by atoms with E-state index in [4.69, 9.17) is 0 Å². The molecule has 0 bridgehead atoms. The fraction of sp³-hybridized carbons (Fsp3) is 0.125. The molecule has 1 heterocycles. The number of aliphatic hydroxyl groups excluding tert-OH is 1. The number of nitrogens with zero attached hydrogens (tertiary/aromatic N) is 3. The molecule has 0 aliphatic rings. The molecule has 0 atom stereocenters. The van der Waals surface area contributed by atoms with E-state index in [9.17, 15) is 20.0 Å². The van der Waals surface area contributed by atoms with E-state index >= 15 is 0 Å². The molecule has 7 nitrogen and oxygen atoms in total. The molecule has 0 spiro atoms. The third kappa shape index (κ3) is 2.47. The molecule has 3 rings (SSSR count). The lowest BCUT2D eigenvalue weighted by atomic mass is 10.1. The van der Waals surface area contributed by atoms with E-state index in [1.165, 1.54) is 6.07 Å². The lowest BCUT2D eigenvalue weighted by molar-refractivity contribution is -0.384. The van der Waals surface area contributed by atoms with Crippen molar-refractivity contribution in [2.24, 2.45) is 0 Å². The maximum Gasteiger partial charge on any atom is 0.280 e. The molecule has 116 valence electrons. The molecular weight excluding hydrogens is 298 g/mol. The predicted molar refractivity (Wildman–Crippen MR) is 84.3 cm³/mol. The van der Waals surface area contributed by atoms with Crippen molar-refractivity contribution in [2.75, 3.05) is 6.61 Å². The molecule has 7 heteroatoms. The summed E-state index contributed by atoms with van der Waals surface area (Å²) in [4.78, 5) is 26.4. The first-order valence-corrected chi connectivity index (χ1v) is 6.96. The molecule has 0 amide bonds. The summed E-state index contributed by atoms with van der Waals surface area (Å²) in [6.45, 7) is 0.0740. The number of carbonyl (C=O) groups is 1. The van der Waals surface area contributed by atoms with Gasteiger partial charge in [-0.2, -0.15) is 0 Å². The molecule has 0 unspecified atom stereocenters. The molecule has 3 aromatic rings. The largest absolute Gasteiger partial charge is 0.395 e.